The lowest BCUT2D eigenvalue weighted by Gasteiger charge is -2.22. The molecule has 0 fully saturated rings. The molecule has 0 N–H and O–H groups in total. The maximum absolute atomic E-state index is 2.45. The molecule has 0 saturated heterocycles. The van der Waals surface area contributed by atoms with Crippen molar-refractivity contribution < 1.29 is 0 Å². The molecule has 0 aliphatic carbocycles. The van der Waals surface area contributed by atoms with Gasteiger partial charge in [-0.3, -0.25) is 0 Å². The van der Waals surface area contributed by atoms with E-state index in [1.807, 2.05) is 0 Å². The molecule has 2 nitrogen and oxygen atoms in total. The SMILES string of the molecule is c1ccc(-c2c3cc(-n4c5ccccc5c5ccccc54)ccc3c(-c3ccccc3-c3cccc4ccccc34)c3cc(-n4c5ccccc5c5ccccc54)ccc23)cc1. The average Bonchev–Trinajstić information content (AvgIpc) is 3.86. The third-order valence-corrected chi connectivity index (χ3v) is 13.1. The minimum absolute atomic E-state index is 1.14. The molecule has 0 aliphatic rings. The van der Waals surface area contributed by atoms with Crippen molar-refractivity contribution in [3.05, 3.63) is 231 Å². The van der Waals surface area contributed by atoms with Gasteiger partial charge in [-0.25, -0.2) is 0 Å². The van der Waals surface area contributed by atoms with E-state index in [4.69, 9.17) is 0 Å². The summed E-state index contributed by atoms with van der Waals surface area (Å²) in [6.45, 7) is 0. The first-order valence-electron chi connectivity index (χ1n) is 21.4. The molecule has 0 unspecified atom stereocenters. The van der Waals surface area contributed by atoms with E-state index in [2.05, 4.69) is 240 Å². The Kier molecular flexibility index (Phi) is 7.64. The highest BCUT2D eigenvalue weighted by Gasteiger charge is 2.23. The number of hydrogen-bond donors (Lipinski definition) is 0. The van der Waals surface area contributed by atoms with Gasteiger partial charge in [0.25, 0.3) is 0 Å². The Labute approximate surface area is 358 Å². The molecule has 13 rings (SSSR count). The number of aromatic nitrogens is 2. The third kappa shape index (κ3) is 5.11. The second-order valence-corrected chi connectivity index (χ2v) is 16.4. The highest BCUT2D eigenvalue weighted by Crippen LogP contribution is 2.49. The van der Waals surface area contributed by atoms with E-state index in [0.29, 0.717) is 0 Å². The molecule has 0 atom stereocenters. The van der Waals surface area contributed by atoms with Gasteiger partial charge in [0.15, 0.2) is 0 Å². The van der Waals surface area contributed by atoms with Crippen molar-refractivity contribution in [3.8, 4) is 44.8 Å². The zero-order valence-electron chi connectivity index (χ0n) is 33.8. The molecule has 13 aromatic rings. The fraction of sp³-hybridized carbons (Fsp3) is 0. The van der Waals surface area contributed by atoms with E-state index in [-0.39, 0.29) is 0 Å². The smallest absolute Gasteiger partial charge is 0.0541 e. The summed E-state index contributed by atoms with van der Waals surface area (Å²) in [5.74, 6) is 0. The van der Waals surface area contributed by atoms with Gasteiger partial charge in [0, 0.05) is 32.9 Å². The summed E-state index contributed by atoms with van der Waals surface area (Å²) in [5, 5.41) is 12.4. The second kappa shape index (κ2) is 13.7. The summed E-state index contributed by atoms with van der Waals surface area (Å²) in [5.41, 5.74) is 14.4. The maximum atomic E-state index is 2.45. The fourth-order valence-electron chi connectivity index (χ4n) is 10.5. The van der Waals surface area contributed by atoms with Crippen LogP contribution in [0.4, 0.5) is 0 Å². The second-order valence-electron chi connectivity index (χ2n) is 16.4. The summed E-state index contributed by atoms with van der Waals surface area (Å²) < 4.78 is 4.89. The Morgan fingerprint density at radius 1 is 0.226 bits per heavy atom. The average molecular weight is 787 g/mol. The minimum Gasteiger partial charge on any atom is -0.309 e. The monoisotopic (exact) mass is 786 g/mol. The minimum atomic E-state index is 1.14. The molecule has 2 heteroatoms. The van der Waals surface area contributed by atoms with Gasteiger partial charge in [-0.2, -0.15) is 0 Å². The van der Waals surface area contributed by atoms with Crippen LogP contribution in [0.25, 0.3) is 121 Å². The molecule has 0 amide bonds. The van der Waals surface area contributed by atoms with Gasteiger partial charge < -0.3 is 9.13 Å². The van der Waals surface area contributed by atoms with Crippen LogP contribution in [0.15, 0.2) is 231 Å². The molecule has 62 heavy (non-hydrogen) atoms. The van der Waals surface area contributed by atoms with Crippen molar-refractivity contribution >= 4 is 75.9 Å². The van der Waals surface area contributed by atoms with Gasteiger partial charge in [0.05, 0.1) is 22.1 Å². The number of benzene rings is 11. The van der Waals surface area contributed by atoms with Crippen LogP contribution < -0.4 is 0 Å². The Morgan fingerprint density at radius 2 is 0.629 bits per heavy atom. The predicted molar refractivity (Wildman–Crippen MR) is 264 cm³/mol. The van der Waals surface area contributed by atoms with Crippen molar-refractivity contribution in [1.29, 1.82) is 0 Å². The van der Waals surface area contributed by atoms with E-state index in [9.17, 15) is 0 Å². The standard InChI is InChI=1S/C60H38N2/c1-2-18-40(19-3-1)59-51-35-33-42(62-57-31-14-10-25-48(57)49-26-11-15-32-58(49)62)38-54(51)60(50-27-7-6-22-45(50)44-28-16-20-39-17-4-5-21-43(39)44)52-36-34-41(37-53(52)59)61-55-29-12-8-23-46(55)47-24-9-13-30-56(47)61/h1-38H. The Bertz CT molecular complexity index is 3810. The van der Waals surface area contributed by atoms with E-state index in [1.54, 1.807) is 0 Å². The maximum Gasteiger partial charge on any atom is 0.0541 e. The van der Waals surface area contributed by atoms with Gasteiger partial charge in [-0.15, -0.1) is 0 Å². The van der Waals surface area contributed by atoms with Crippen molar-refractivity contribution in [3.63, 3.8) is 0 Å². The molecule has 0 aliphatic heterocycles. The topological polar surface area (TPSA) is 9.86 Å². The zero-order chi connectivity index (χ0) is 40.7. The summed E-state index contributed by atoms with van der Waals surface area (Å²) in [6.07, 6.45) is 0. The summed E-state index contributed by atoms with van der Waals surface area (Å²) in [7, 11) is 0. The first-order valence-corrected chi connectivity index (χ1v) is 21.4. The number of para-hydroxylation sites is 4. The molecule has 0 bridgehead atoms. The Morgan fingerprint density at radius 3 is 1.19 bits per heavy atom. The number of hydrogen-bond acceptors (Lipinski definition) is 0. The van der Waals surface area contributed by atoms with Crippen molar-refractivity contribution in [2.45, 2.75) is 0 Å². The first kappa shape index (κ1) is 34.6. The quantitative estimate of drug-likeness (QED) is 0.154. The van der Waals surface area contributed by atoms with Crippen LogP contribution in [0.5, 0.6) is 0 Å². The Hall–Kier alpha value is -8.20. The zero-order valence-corrected chi connectivity index (χ0v) is 33.8. The number of nitrogens with zero attached hydrogens (tertiary/aromatic N) is 2. The summed E-state index contributed by atoms with van der Waals surface area (Å²) in [4.78, 5) is 0. The Balaban J connectivity index is 1.20. The molecular formula is C60H38N2. The lowest BCUT2D eigenvalue weighted by Crippen LogP contribution is -1.98. The van der Waals surface area contributed by atoms with E-state index in [0.717, 1.165) is 11.4 Å². The van der Waals surface area contributed by atoms with Crippen molar-refractivity contribution in [2.75, 3.05) is 0 Å². The van der Waals surface area contributed by atoms with Crippen LogP contribution in [-0.2, 0) is 0 Å². The highest BCUT2D eigenvalue weighted by molar-refractivity contribution is 6.24. The van der Waals surface area contributed by atoms with Crippen molar-refractivity contribution in [1.82, 2.24) is 9.13 Å². The largest absolute Gasteiger partial charge is 0.309 e. The summed E-state index contributed by atoms with van der Waals surface area (Å²) in [6, 6.07) is 85.0. The fourth-order valence-corrected chi connectivity index (χ4v) is 10.5. The van der Waals surface area contributed by atoms with E-state index < -0.39 is 0 Å². The molecule has 0 radical (unpaired) electrons. The van der Waals surface area contributed by atoms with Gasteiger partial charge >= 0.3 is 0 Å². The third-order valence-electron chi connectivity index (χ3n) is 13.1. The lowest BCUT2D eigenvalue weighted by atomic mass is 9.83. The molecule has 2 aromatic heterocycles. The molecular weight excluding hydrogens is 749 g/mol. The van der Waals surface area contributed by atoms with Crippen LogP contribution in [0.1, 0.15) is 0 Å². The van der Waals surface area contributed by atoms with Gasteiger partial charge in [0.2, 0.25) is 0 Å². The van der Waals surface area contributed by atoms with Crippen LogP contribution in [0.2, 0.25) is 0 Å². The highest BCUT2D eigenvalue weighted by atomic mass is 15.0. The number of rotatable bonds is 5. The molecule has 0 saturated carbocycles. The van der Waals surface area contributed by atoms with Crippen LogP contribution in [-0.4, -0.2) is 9.13 Å². The van der Waals surface area contributed by atoms with Crippen molar-refractivity contribution in [2.24, 2.45) is 0 Å². The molecule has 288 valence electrons. The van der Waals surface area contributed by atoms with E-state index in [1.165, 1.54) is 109 Å². The predicted octanol–water partition coefficient (Wildman–Crippen LogP) is 16.3. The molecule has 0 spiro atoms. The molecule has 11 aromatic carbocycles. The van der Waals surface area contributed by atoms with Crippen LogP contribution in [0, 0.1) is 0 Å². The first-order chi connectivity index (χ1) is 30.8. The normalized spacial score (nSPS) is 11.9. The molecule has 2 heterocycles. The van der Waals surface area contributed by atoms with Gasteiger partial charge in [-0.1, -0.05) is 182 Å². The lowest BCUT2D eigenvalue weighted by molar-refractivity contribution is 1.18. The summed E-state index contributed by atoms with van der Waals surface area (Å²) >= 11 is 0. The van der Waals surface area contributed by atoms with Crippen LogP contribution >= 0.6 is 0 Å². The van der Waals surface area contributed by atoms with Gasteiger partial charge in [0.1, 0.15) is 0 Å². The number of fused-ring (bicyclic) bond motifs is 9. The van der Waals surface area contributed by atoms with Crippen LogP contribution in [0.3, 0.4) is 0 Å². The van der Waals surface area contributed by atoms with E-state index >= 15 is 0 Å². The van der Waals surface area contributed by atoms with Gasteiger partial charge in [-0.05, 0) is 114 Å².